The number of hydrogen-bond donors (Lipinski definition) is 1. The predicted octanol–water partition coefficient (Wildman–Crippen LogP) is 2.54. The maximum atomic E-state index is 12.4. The molecule has 1 amide bonds. The molecule has 1 saturated heterocycles. The molecule has 0 saturated carbocycles. The predicted molar refractivity (Wildman–Crippen MR) is 98.8 cm³/mol. The summed E-state index contributed by atoms with van der Waals surface area (Å²) in [5.41, 5.74) is 7.87. The van der Waals surface area contributed by atoms with Crippen LogP contribution in [0.15, 0.2) is 54.7 Å². The van der Waals surface area contributed by atoms with Crippen molar-refractivity contribution in [2.24, 2.45) is 0 Å². The lowest BCUT2D eigenvalue weighted by molar-refractivity contribution is -0.133. The molecule has 2 N–H and O–H groups in total. The van der Waals surface area contributed by atoms with Gasteiger partial charge in [0.2, 0.25) is 5.91 Å². The fourth-order valence-electron chi connectivity index (χ4n) is 2.91. The SMILES string of the molecule is Nc1cc(CC[C@@H]2CN(C(=O)/C=C/c3ccccc3)CCO2)ccn1. The average Bonchev–Trinajstić information content (AvgIpc) is 2.65. The Hall–Kier alpha value is -2.66. The van der Waals surface area contributed by atoms with Gasteiger partial charge in [-0.2, -0.15) is 0 Å². The van der Waals surface area contributed by atoms with Crippen LogP contribution in [0.3, 0.4) is 0 Å². The van der Waals surface area contributed by atoms with Crippen LogP contribution in [-0.2, 0) is 16.0 Å². The van der Waals surface area contributed by atoms with Crippen LogP contribution in [0.5, 0.6) is 0 Å². The first-order chi connectivity index (χ1) is 12.2. The highest BCUT2D eigenvalue weighted by atomic mass is 16.5. The summed E-state index contributed by atoms with van der Waals surface area (Å²) in [6.45, 7) is 1.84. The molecule has 1 aliphatic rings. The van der Waals surface area contributed by atoms with E-state index in [1.807, 2.05) is 53.4 Å². The van der Waals surface area contributed by atoms with Crippen molar-refractivity contribution in [2.75, 3.05) is 25.4 Å². The molecule has 1 aromatic heterocycles. The Bertz CT molecular complexity index is 731. The van der Waals surface area contributed by atoms with Crippen LogP contribution in [0.2, 0.25) is 0 Å². The highest BCUT2D eigenvalue weighted by Crippen LogP contribution is 2.14. The van der Waals surface area contributed by atoms with Gasteiger partial charge in [-0.15, -0.1) is 0 Å². The van der Waals surface area contributed by atoms with Crippen LogP contribution >= 0.6 is 0 Å². The largest absolute Gasteiger partial charge is 0.384 e. The van der Waals surface area contributed by atoms with Crippen molar-refractivity contribution in [3.05, 3.63) is 65.9 Å². The lowest BCUT2D eigenvalue weighted by Crippen LogP contribution is -2.45. The number of aryl methyl sites for hydroxylation is 1. The Morgan fingerprint density at radius 2 is 2.16 bits per heavy atom. The molecule has 2 aromatic rings. The highest BCUT2D eigenvalue weighted by Gasteiger charge is 2.22. The molecule has 1 aromatic carbocycles. The molecule has 0 spiro atoms. The molecular weight excluding hydrogens is 314 g/mol. The van der Waals surface area contributed by atoms with Gasteiger partial charge in [-0.1, -0.05) is 30.3 Å². The number of morpholine rings is 1. The second-order valence-corrected chi connectivity index (χ2v) is 6.15. The third-order valence-corrected chi connectivity index (χ3v) is 4.27. The molecule has 0 radical (unpaired) electrons. The fourth-order valence-corrected chi connectivity index (χ4v) is 2.91. The zero-order valence-electron chi connectivity index (χ0n) is 14.2. The van der Waals surface area contributed by atoms with Crippen molar-refractivity contribution in [1.82, 2.24) is 9.88 Å². The molecule has 0 aliphatic carbocycles. The van der Waals surface area contributed by atoms with Crippen molar-refractivity contribution < 1.29 is 9.53 Å². The third kappa shape index (κ3) is 5.16. The van der Waals surface area contributed by atoms with E-state index < -0.39 is 0 Å². The zero-order valence-corrected chi connectivity index (χ0v) is 14.2. The van der Waals surface area contributed by atoms with Crippen molar-refractivity contribution in [3.8, 4) is 0 Å². The van der Waals surface area contributed by atoms with Crippen LogP contribution in [0.1, 0.15) is 17.5 Å². The van der Waals surface area contributed by atoms with Crippen LogP contribution in [0.4, 0.5) is 5.82 Å². The van der Waals surface area contributed by atoms with E-state index in [0.717, 1.165) is 24.0 Å². The Labute approximate surface area is 148 Å². The van der Waals surface area contributed by atoms with Gasteiger partial charge in [-0.25, -0.2) is 4.98 Å². The number of amides is 1. The molecule has 0 unspecified atom stereocenters. The quantitative estimate of drug-likeness (QED) is 0.851. The molecule has 0 bridgehead atoms. The summed E-state index contributed by atoms with van der Waals surface area (Å²) in [4.78, 5) is 18.3. The maximum Gasteiger partial charge on any atom is 0.246 e. The summed E-state index contributed by atoms with van der Waals surface area (Å²) in [6.07, 6.45) is 6.98. The monoisotopic (exact) mass is 337 g/mol. The number of aromatic nitrogens is 1. The number of nitrogens with two attached hydrogens (primary N) is 1. The fraction of sp³-hybridized carbons (Fsp3) is 0.300. The lowest BCUT2D eigenvalue weighted by atomic mass is 10.1. The van der Waals surface area contributed by atoms with Gasteiger partial charge >= 0.3 is 0 Å². The number of hydrogen-bond acceptors (Lipinski definition) is 4. The van der Waals surface area contributed by atoms with Gasteiger partial charge in [0.1, 0.15) is 5.82 Å². The van der Waals surface area contributed by atoms with E-state index in [0.29, 0.717) is 25.5 Å². The number of rotatable bonds is 5. The molecule has 1 atom stereocenters. The molecule has 2 heterocycles. The van der Waals surface area contributed by atoms with Crippen molar-refractivity contribution >= 4 is 17.8 Å². The zero-order chi connectivity index (χ0) is 17.5. The number of nitrogen functional groups attached to an aromatic ring is 1. The summed E-state index contributed by atoms with van der Waals surface area (Å²) < 4.78 is 5.81. The summed E-state index contributed by atoms with van der Waals surface area (Å²) in [5, 5.41) is 0. The number of anilines is 1. The molecule has 1 fully saturated rings. The lowest BCUT2D eigenvalue weighted by Gasteiger charge is -2.32. The number of pyridine rings is 1. The van der Waals surface area contributed by atoms with E-state index in [-0.39, 0.29) is 12.0 Å². The minimum Gasteiger partial charge on any atom is -0.384 e. The first-order valence-electron chi connectivity index (χ1n) is 8.55. The second-order valence-electron chi connectivity index (χ2n) is 6.15. The van der Waals surface area contributed by atoms with Gasteiger partial charge in [-0.3, -0.25) is 4.79 Å². The van der Waals surface area contributed by atoms with E-state index in [9.17, 15) is 4.79 Å². The van der Waals surface area contributed by atoms with Crippen LogP contribution < -0.4 is 5.73 Å². The van der Waals surface area contributed by atoms with Gasteiger partial charge in [0.15, 0.2) is 0 Å². The van der Waals surface area contributed by atoms with E-state index in [1.165, 1.54) is 0 Å². The Balaban J connectivity index is 1.52. The topological polar surface area (TPSA) is 68.5 Å². The van der Waals surface area contributed by atoms with Crippen molar-refractivity contribution in [1.29, 1.82) is 0 Å². The highest BCUT2D eigenvalue weighted by molar-refractivity contribution is 5.91. The summed E-state index contributed by atoms with van der Waals surface area (Å²) >= 11 is 0. The van der Waals surface area contributed by atoms with Gasteiger partial charge in [-0.05, 0) is 42.2 Å². The standard InChI is InChI=1S/C20H23N3O2/c21-19-14-17(10-11-22-19)6-8-18-15-23(12-13-25-18)20(24)9-7-16-4-2-1-3-5-16/h1-5,7,9-11,14,18H,6,8,12-13,15H2,(H2,21,22)/b9-7+/t18-/m1/s1. The van der Waals surface area contributed by atoms with Crippen molar-refractivity contribution in [3.63, 3.8) is 0 Å². The third-order valence-electron chi connectivity index (χ3n) is 4.27. The number of nitrogens with zero attached hydrogens (tertiary/aromatic N) is 2. The number of ether oxygens (including phenoxy) is 1. The first-order valence-corrected chi connectivity index (χ1v) is 8.55. The van der Waals surface area contributed by atoms with Gasteiger partial charge in [0, 0.05) is 25.4 Å². The Kier molecular flexibility index (Phi) is 5.80. The molecule has 130 valence electrons. The van der Waals surface area contributed by atoms with Gasteiger partial charge in [0.05, 0.1) is 12.7 Å². The average molecular weight is 337 g/mol. The minimum atomic E-state index is 0.0327. The first kappa shape index (κ1) is 17.2. The molecule has 25 heavy (non-hydrogen) atoms. The number of benzene rings is 1. The maximum absolute atomic E-state index is 12.4. The Morgan fingerprint density at radius 3 is 2.96 bits per heavy atom. The summed E-state index contributed by atoms with van der Waals surface area (Å²) in [7, 11) is 0. The van der Waals surface area contributed by atoms with E-state index >= 15 is 0 Å². The Morgan fingerprint density at radius 1 is 1.32 bits per heavy atom. The molecule has 5 nitrogen and oxygen atoms in total. The van der Waals surface area contributed by atoms with Crippen molar-refractivity contribution in [2.45, 2.75) is 18.9 Å². The van der Waals surface area contributed by atoms with Crippen LogP contribution in [0.25, 0.3) is 6.08 Å². The van der Waals surface area contributed by atoms with E-state index in [4.69, 9.17) is 10.5 Å². The molecule has 3 rings (SSSR count). The van der Waals surface area contributed by atoms with Crippen LogP contribution in [0, 0.1) is 0 Å². The summed E-state index contributed by atoms with van der Waals surface area (Å²) in [5.74, 6) is 0.565. The smallest absolute Gasteiger partial charge is 0.246 e. The molecular formula is C20H23N3O2. The minimum absolute atomic E-state index is 0.0327. The second kappa shape index (κ2) is 8.44. The molecule has 5 heteroatoms. The number of carbonyl (C=O) groups excluding carboxylic acids is 1. The van der Waals surface area contributed by atoms with Crippen LogP contribution in [-0.4, -0.2) is 41.6 Å². The summed E-state index contributed by atoms with van der Waals surface area (Å²) in [6, 6.07) is 13.7. The molecule has 1 aliphatic heterocycles. The van der Waals surface area contributed by atoms with Gasteiger partial charge in [0.25, 0.3) is 0 Å². The number of carbonyl (C=O) groups is 1. The normalized spacial score (nSPS) is 17.8. The van der Waals surface area contributed by atoms with E-state index in [2.05, 4.69) is 4.98 Å². The van der Waals surface area contributed by atoms with E-state index in [1.54, 1.807) is 12.3 Å². The van der Waals surface area contributed by atoms with Gasteiger partial charge < -0.3 is 15.4 Å².